The summed E-state index contributed by atoms with van der Waals surface area (Å²) in [7, 11) is 1.59. The summed E-state index contributed by atoms with van der Waals surface area (Å²) in [6, 6.07) is 1.85. The van der Waals surface area contributed by atoms with Crippen LogP contribution in [-0.2, 0) is 0 Å². The molecule has 0 bridgehead atoms. The van der Waals surface area contributed by atoms with E-state index in [0.29, 0.717) is 11.1 Å². The maximum atomic E-state index is 5.59. The number of aromatic nitrogens is 2. The van der Waals surface area contributed by atoms with E-state index >= 15 is 0 Å². The minimum Gasteiger partial charge on any atom is -0.481 e. The molecule has 0 radical (unpaired) electrons. The number of nitrogens with two attached hydrogens (primary N) is 1. The summed E-state index contributed by atoms with van der Waals surface area (Å²) >= 11 is 1.78. The molecule has 15 heavy (non-hydrogen) atoms. The molecule has 5 heteroatoms. The Morgan fingerprint density at radius 3 is 2.80 bits per heavy atom. The van der Waals surface area contributed by atoms with Crippen molar-refractivity contribution >= 4 is 17.7 Å². The van der Waals surface area contributed by atoms with Gasteiger partial charge in [0.15, 0.2) is 0 Å². The summed E-state index contributed by atoms with van der Waals surface area (Å²) in [5.74, 6) is 0.831. The Kier molecular flexibility index (Phi) is 3.30. The lowest BCUT2D eigenvalue weighted by molar-refractivity contribution is 0.396. The van der Waals surface area contributed by atoms with Gasteiger partial charge in [0.05, 0.1) is 7.11 Å². The van der Waals surface area contributed by atoms with E-state index in [1.165, 1.54) is 25.7 Å². The molecule has 2 rings (SSSR count). The third-order valence-electron chi connectivity index (χ3n) is 2.50. The Morgan fingerprint density at radius 1 is 1.40 bits per heavy atom. The Labute approximate surface area is 93.6 Å². The first-order chi connectivity index (χ1) is 7.28. The summed E-state index contributed by atoms with van der Waals surface area (Å²) < 4.78 is 5.06. The van der Waals surface area contributed by atoms with Gasteiger partial charge in [0.25, 0.3) is 0 Å². The zero-order chi connectivity index (χ0) is 10.7. The predicted octanol–water partition coefficient (Wildman–Crippen LogP) is 2.10. The highest BCUT2D eigenvalue weighted by Gasteiger charge is 2.17. The van der Waals surface area contributed by atoms with Gasteiger partial charge in [0, 0.05) is 11.3 Å². The molecule has 0 spiro atoms. The number of methoxy groups -OCH3 is 1. The van der Waals surface area contributed by atoms with Crippen LogP contribution in [-0.4, -0.2) is 22.3 Å². The van der Waals surface area contributed by atoms with E-state index < -0.39 is 0 Å². The van der Waals surface area contributed by atoms with Gasteiger partial charge in [0.2, 0.25) is 11.8 Å². The number of hydrogen-bond acceptors (Lipinski definition) is 5. The first-order valence-electron chi connectivity index (χ1n) is 5.13. The van der Waals surface area contributed by atoms with Crippen molar-refractivity contribution in [2.24, 2.45) is 0 Å². The molecule has 0 unspecified atom stereocenters. The Balaban J connectivity index is 2.09. The fraction of sp³-hybridized carbons (Fsp3) is 0.600. The summed E-state index contributed by atoms with van der Waals surface area (Å²) in [6.07, 6.45) is 5.21. The molecule has 1 aromatic heterocycles. The lowest BCUT2D eigenvalue weighted by atomic mass is 10.4. The zero-order valence-electron chi connectivity index (χ0n) is 8.77. The number of anilines is 1. The molecule has 1 heterocycles. The average Bonchev–Trinajstić information content (AvgIpc) is 2.69. The van der Waals surface area contributed by atoms with Crippen LogP contribution in [0.3, 0.4) is 0 Å². The van der Waals surface area contributed by atoms with Crippen molar-refractivity contribution in [2.45, 2.75) is 36.0 Å². The van der Waals surface area contributed by atoms with E-state index in [-0.39, 0.29) is 5.95 Å². The molecular weight excluding hydrogens is 210 g/mol. The SMILES string of the molecule is COc1cc(SC2CCCC2)nc(N)n1. The van der Waals surface area contributed by atoms with Crippen molar-refractivity contribution in [3.05, 3.63) is 6.07 Å². The van der Waals surface area contributed by atoms with Crippen molar-refractivity contribution in [2.75, 3.05) is 12.8 Å². The summed E-state index contributed by atoms with van der Waals surface area (Å²) in [5.41, 5.74) is 5.59. The van der Waals surface area contributed by atoms with Crippen molar-refractivity contribution < 1.29 is 4.74 Å². The van der Waals surface area contributed by atoms with Crippen molar-refractivity contribution in [3.63, 3.8) is 0 Å². The molecule has 0 aliphatic heterocycles. The highest BCUT2D eigenvalue weighted by atomic mass is 32.2. The maximum absolute atomic E-state index is 5.59. The third-order valence-corrected chi connectivity index (χ3v) is 3.75. The smallest absolute Gasteiger partial charge is 0.224 e. The molecule has 2 N–H and O–H groups in total. The van der Waals surface area contributed by atoms with Gasteiger partial charge in [-0.25, -0.2) is 4.98 Å². The second-order valence-corrected chi connectivity index (χ2v) is 4.95. The lowest BCUT2D eigenvalue weighted by Gasteiger charge is -2.08. The summed E-state index contributed by atoms with van der Waals surface area (Å²) in [4.78, 5) is 8.15. The van der Waals surface area contributed by atoms with Crippen molar-refractivity contribution in [1.82, 2.24) is 9.97 Å². The van der Waals surface area contributed by atoms with Gasteiger partial charge in [-0.05, 0) is 12.8 Å². The second-order valence-electron chi connectivity index (χ2n) is 3.63. The van der Waals surface area contributed by atoms with E-state index in [9.17, 15) is 0 Å². The molecular formula is C10H15N3OS. The maximum Gasteiger partial charge on any atom is 0.224 e. The quantitative estimate of drug-likeness (QED) is 0.798. The first-order valence-corrected chi connectivity index (χ1v) is 6.01. The van der Waals surface area contributed by atoms with E-state index in [4.69, 9.17) is 10.5 Å². The summed E-state index contributed by atoms with van der Waals surface area (Å²) in [6.45, 7) is 0. The van der Waals surface area contributed by atoms with E-state index in [1.807, 2.05) is 6.07 Å². The van der Waals surface area contributed by atoms with Crippen LogP contribution < -0.4 is 10.5 Å². The van der Waals surface area contributed by atoms with Crippen LogP contribution in [0.25, 0.3) is 0 Å². The van der Waals surface area contributed by atoms with Crippen LogP contribution in [0.5, 0.6) is 5.88 Å². The number of rotatable bonds is 3. The van der Waals surface area contributed by atoms with Crippen LogP contribution in [0.2, 0.25) is 0 Å². The second kappa shape index (κ2) is 4.70. The van der Waals surface area contributed by atoms with Gasteiger partial charge >= 0.3 is 0 Å². The largest absolute Gasteiger partial charge is 0.481 e. The van der Waals surface area contributed by atoms with Crippen molar-refractivity contribution in [3.8, 4) is 5.88 Å². The number of nitrogen functional groups attached to an aromatic ring is 1. The predicted molar refractivity (Wildman–Crippen MR) is 61.1 cm³/mol. The minimum atomic E-state index is 0.287. The van der Waals surface area contributed by atoms with E-state index in [1.54, 1.807) is 18.9 Å². The topological polar surface area (TPSA) is 61.0 Å². The standard InChI is InChI=1S/C10H15N3OS/c1-14-8-6-9(13-10(11)12-8)15-7-4-2-3-5-7/h6-7H,2-5H2,1H3,(H2,11,12,13). The van der Waals surface area contributed by atoms with Gasteiger partial charge in [-0.1, -0.05) is 12.8 Å². The van der Waals surface area contributed by atoms with E-state index in [2.05, 4.69) is 9.97 Å². The van der Waals surface area contributed by atoms with Gasteiger partial charge < -0.3 is 10.5 Å². The summed E-state index contributed by atoms with van der Waals surface area (Å²) in [5, 5.41) is 1.61. The average molecular weight is 225 g/mol. The minimum absolute atomic E-state index is 0.287. The molecule has 1 saturated carbocycles. The normalized spacial score (nSPS) is 16.9. The molecule has 4 nitrogen and oxygen atoms in total. The van der Waals surface area contributed by atoms with E-state index in [0.717, 1.165) is 5.03 Å². The van der Waals surface area contributed by atoms with Gasteiger partial charge in [-0.3, -0.25) is 0 Å². The first kappa shape index (κ1) is 10.5. The molecule has 1 fully saturated rings. The van der Waals surface area contributed by atoms with Crippen LogP contribution in [0.15, 0.2) is 11.1 Å². The van der Waals surface area contributed by atoms with Crippen LogP contribution >= 0.6 is 11.8 Å². The Morgan fingerprint density at radius 2 is 2.13 bits per heavy atom. The molecule has 1 aliphatic carbocycles. The van der Waals surface area contributed by atoms with Gasteiger partial charge in [-0.15, -0.1) is 11.8 Å². The highest BCUT2D eigenvalue weighted by Crippen LogP contribution is 2.34. The third kappa shape index (κ3) is 2.75. The molecule has 1 aromatic rings. The molecule has 0 aromatic carbocycles. The molecule has 1 aliphatic rings. The monoisotopic (exact) mass is 225 g/mol. The molecule has 0 atom stereocenters. The van der Waals surface area contributed by atoms with Crippen LogP contribution in [0.4, 0.5) is 5.95 Å². The fourth-order valence-electron chi connectivity index (χ4n) is 1.76. The van der Waals surface area contributed by atoms with Gasteiger partial charge in [0.1, 0.15) is 5.03 Å². The van der Waals surface area contributed by atoms with Gasteiger partial charge in [-0.2, -0.15) is 4.98 Å². The number of thioether (sulfide) groups is 1. The molecule has 0 amide bonds. The van der Waals surface area contributed by atoms with Crippen LogP contribution in [0.1, 0.15) is 25.7 Å². The number of ether oxygens (including phenoxy) is 1. The highest BCUT2D eigenvalue weighted by molar-refractivity contribution is 7.99. The number of nitrogens with zero attached hydrogens (tertiary/aromatic N) is 2. The Hall–Kier alpha value is -0.970. The Bertz CT molecular complexity index is 339. The molecule has 0 saturated heterocycles. The lowest BCUT2D eigenvalue weighted by Crippen LogP contribution is -2.01. The van der Waals surface area contributed by atoms with Crippen LogP contribution in [0, 0.1) is 0 Å². The van der Waals surface area contributed by atoms with Crippen molar-refractivity contribution in [1.29, 1.82) is 0 Å². The fourth-order valence-corrected chi connectivity index (χ4v) is 2.99. The zero-order valence-corrected chi connectivity index (χ0v) is 9.59. The number of hydrogen-bond donors (Lipinski definition) is 1. The molecule has 82 valence electrons.